The lowest BCUT2D eigenvalue weighted by molar-refractivity contribution is -0.138. The van der Waals surface area contributed by atoms with Gasteiger partial charge in [0, 0.05) is 6.42 Å². The molecule has 1 unspecified atom stereocenters. The van der Waals surface area contributed by atoms with Crippen molar-refractivity contribution < 1.29 is 9.90 Å². The number of rotatable bonds is 25. The summed E-state index contributed by atoms with van der Waals surface area (Å²) in [5.41, 5.74) is 4.40. The maximum absolute atomic E-state index is 12.3. The smallest absolute Gasteiger partial charge is 0.164 e. The van der Waals surface area contributed by atoms with Gasteiger partial charge in [-0.1, -0.05) is 136 Å². The second-order valence-corrected chi connectivity index (χ2v) is 9.86. The lowest BCUT2D eigenvalue weighted by Crippen LogP contribution is -2.40. The minimum absolute atomic E-state index is 0.00627. The number of hydrogen-bond donors (Lipinski definition) is 2. The van der Waals surface area contributed by atoms with Gasteiger partial charge in [-0.3, -0.25) is 4.79 Å². The van der Waals surface area contributed by atoms with Crippen molar-refractivity contribution in [3.63, 3.8) is 0 Å². The van der Waals surface area contributed by atoms with Crippen LogP contribution in [-0.4, -0.2) is 23.0 Å². The van der Waals surface area contributed by atoms with Crippen LogP contribution in [-0.2, 0) is 4.79 Å². The lowest BCUT2D eigenvalue weighted by atomic mass is 9.87. The average molecular weight is 440 g/mol. The Morgan fingerprint density at radius 3 is 1.26 bits per heavy atom. The summed E-state index contributed by atoms with van der Waals surface area (Å²) < 4.78 is 0. The number of hydrogen-bond acceptors (Lipinski definition) is 3. The van der Waals surface area contributed by atoms with E-state index < -0.39 is 5.60 Å². The molecule has 1 atom stereocenters. The van der Waals surface area contributed by atoms with E-state index in [0.717, 1.165) is 19.3 Å². The molecule has 3 nitrogen and oxygen atoms in total. The summed E-state index contributed by atoms with van der Waals surface area (Å²) in [5.74, 6) is 0.00627. The van der Waals surface area contributed by atoms with E-state index in [9.17, 15) is 9.90 Å². The first-order chi connectivity index (χ1) is 15.1. The fraction of sp³-hybridized carbons (Fsp3) is 0.964. The molecule has 0 fully saturated rings. The minimum atomic E-state index is -1.17. The molecule has 0 aliphatic rings. The zero-order valence-corrected chi connectivity index (χ0v) is 21.4. The molecular formula is C28H57NO2. The minimum Gasteiger partial charge on any atom is -0.382 e. The zero-order valence-electron chi connectivity index (χ0n) is 21.4. The topological polar surface area (TPSA) is 63.3 Å². The lowest BCUT2D eigenvalue weighted by Gasteiger charge is -2.25. The fourth-order valence-corrected chi connectivity index (χ4v) is 4.65. The highest BCUT2D eigenvalue weighted by atomic mass is 16.3. The van der Waals surface area contributed by atoms with Gasteiger partial charge < -0.3 is 10.8 Å². The van der Waals surface area contributed by atoms with Gasteiger partial charge in [0.15, 0.2) is 5.78 Å². The molecule has 0 saturated carbocycles. The second kappa shape index (κ2) is 22.8. The molecule has 0 aromatic rings. The van der Waals surface area contributed by atoms with E-state index >= 15 is 0 Å². The number of aliphatic hydroxyl groups is 1. The maximum atomic E-state index is 12.3. The van der Waals surface area contributed by atoms with Crippen LogP contribution in [0.25, 0.3) is 0 Å². The summed E-state index contributed by atoms with van der Waals surface area (Å²) in [6.45, 7) is 4.67. The van der Waals surface area contributed by atoms with Gasteiger partial charge in [0.1, 0.15) is 5.60 Å². The van der Waals surface area contributed by atoms with Gasteiger partial charge in [-0.15, -0.1) is 0 Å². The van der Waals surface area contributed by atoms with Gasteiger partial charge in [-0.05, 0) is 25.8 Å². The number of Topliss-reactive ketones (excluding diaryl/α,β-unsaturated/α-hetero) is 1. The van der Waals surface area contributed by atoms with Crippen LogP contribution >= 0.6 is 0 Å². The third kappa shape index (κ3) is 18.8. The first-order valence-corrected chi connectivity index (χ1v) is 14.1. The van der Waals surface area contributed by atoms with Crippen LogP contribution in [0.15, 0.2) is 0 Å². The summed E-state index contributed by atoms with van der Waals surface area (Å²) >= 11 is 0. The van der Waals surface area contributed by atoms with Gasteiger partial charge >= 0.3 is 0 Å². The van der Waals surface area contributed by atoms with Gasteiger partial charge in [0.2, 0.25) is 0 Å². The molecule has 3 heteroatoms. The molecule has 0 spiro atoms. The van der Waals surface area contributed by atoms with Crippen LogP contribution in [0.2, 0.25) is 0 Å². The van der Waals surface area contributed by atoms with E-state index in [1.807, 2.05) is 6.92 Å². The number of unbranched alkanes of at least 4 members (excludes halogenated alkanes) is 18. The summed E-state index contributed by atoms with van der Waals surface area (Å²) in [4.78, 5) is 12.3. The van der Waals surface area contributed by atoms with Crippen LogP contribution in [0, 0.1) is 0 Å². The highest BCUT2D eigenvalue weighted by molar-refractivity contribution is 5.86. The van der Waals surface area contributed by atoms with Gasteiger partial charge in [-0.2, -0.15) is 0 Å². The molecule has 0 aromatic heterocycles. The Morgan fingerprint density at radius 2 is 0.935 bits per heavy atom. The first kappa shape index (κ1) is 30.6. The Bertz CT molecular complexity index is 377. The molecule has 0 amide bonds. The zero-order chi connectivity index (χ0) is 23.0. The molecule has 3 N–H and O–H groups in total. The van der Waals surface area contributed by atoms with E-state index in [-0.39, 0.29) is 5.78 Å². The molecule has 0 saturated heterocycles. The van der Waals surface area contributed by atoms with E-state index in [2.05, 4.69) is 6.92 Å². The van der Waals surface area contributed by atoms with Gasteiger partial charge in [0.25, 0.3) is 0 Å². The molecule has 31 heavy (non-hydrogen) atoms. The molecule has 0 aliphatic heterocycles. The third-order valence-corrected chi connectivity index (χ3v) is 6.75. The SMILES string of the molecule is CCCCCCCCCCCCCCCCCCCCCC(=O)C(O)(CCC)CCN. The fourth-order valence-electron chi connectivity index (χ4n) is 4.65. The van der Waals surface area contributed by atoms with E-state index in [0.29, 0.717) is 25.8 Å². The molecule has 0 radical (unpaired) electrons. The highest BCUT2D eigenvalue weighted by Crippen LogP contribution is 2.22. The van der Waals surface area contributed by atoms with Crippen molar-refractivity contribution in [3.8, 4) is 0 Å². The predicted octanol–water partition coefficient (Wildman–Crippen LogP) is 8.26. The van der Waals surface area contributed by atoms with Crippen molar-refractivity contribution in [2.45, 2.75) is 167 Å². The van der Waals surface area contributed by atoms with Crippen LogP contribution in [0.3, 0.4) is 0 Å². The first-order valence-electron chi connectivity index (χ1n) is 14.1. The maximum Gasteiger partial charge on any atom is 0.164 e. The number of carbonyl (C=O) groups excluding carboxylic acids is 1. The number of ketones is 1. The Morgan fingerprint density at radius 1 is 0.581 bits per heavy atom. The number of carbonyl (C=O) groups is 1. The van der Waals surface area contributed by atoms with Crippen molar-refractivity contribution >= 4 is 5.78 Å². The van der Waals surface area contributed by atoms with Crippen molar-refractivity contribution in [3.05, 3.63) is 0 Å². The molecule has 0 heterocycles. The van der Waals surface area contributed by atoms with E-state index in [1.165, 1.54) is 109 Å². The molecule has 0 aliphatic carbocycles. The normalized spacial score (nSPS) is 13.4. The van der Waals surface area contributed by atoms with Crippen LogP contribution < -0.4 is 5.73 Å². The molecule has 0 bridgehead atoms. The average Bonchev–Trinajstić information content (AvgIpc) is 2.75. The highest BCUT2D eigenvalue weighted by Gasteiger charge is 2.32. The van der Waals surface area contributed by atoms with Crippen LogP contribution in [0.4, 0.5) is 0 Å². The predicted molar refractivity (Wildman–Crippen MR) is 137 cm³/mol. The summed E-state index contributed by atoms with van der Waals surface area (Å²) in [6.07, 6.45) is 28.0. The largest absolute Gasteiger partial charge is 0.382 e. The Balaban J connectivity index is 3.34. The van der Waals surface area contributed by atoms with E-state index in [1.54, 1.807) is 0 Å². The van der Waals surface area contributed by atoms with Crippen molar-refractivity contribution in [1.29, 1.82) is 0 Å². The van der Waals surface area contributed by atoms with Crippen molar-refractivity contribution in [1.82, 2.24) is 0 Å². The molecule has 186 valence electrons. The quantitative estimate of drug-likeness (QED) is 0.141. The molecule has 0 aromatic carbocycles. The van der Waals surface area contributed by atoms with Gasteiger partial charge in [-0.25, -0.2) is 0 Å². The van der Waals surface area contributed by atoms with Crippen molar-refractivity contribution in [2.75, 3.05) is 6.54 Å². The molecule has 0 rings (SSSR count). The monoisotopic (exact) mass is 439 g/mol. The summed E-state index contributed by atoms with van der Waals surface area (Å²) in [5, 5.41) is 10.5. The second-order valence-electron chi connectivity index (χ2n) is 9.86. The van der Waals surface area contributed by atoms with Gasteiger partial charge in [0.05, 0.1) is 0 Å². The summed E-state index contributed by atoms with van der Waals surface area (Å²) in [6, 6.07) is 0. The Hall–Kier alpha value is -0.410. The standard InChI is InChI=1S/C28H57NO2/c1-3-5-6-7-8-9-10-11-12-13-14-15-16-17-18-19-20-21-22-23-27(30)28(31,24-4-2)25-26-29/h31H,3-26,29H2,1-2H3. The Kier molecular flexibility index (Phi) is 22.5. The van der Waals surface area contributed by atoms with Crippen LogP contribution in [0.1, 0.15) is 162 Å². The Labute approximate surface area is 195 Å². The third-order valence-electron chi connectivity index (χ3n) is 6.75. The summed E-state index contributed by atoms with van der Waals surface area (Å²) in [7, 11) is 0. The van der Waals surface area contributed by atoms with Crippen LogP contribution in [0.5, 0.6) is 0 Å². The number of nitrogens with two attached hydrogens (primary N) is 1. The molecular weight excluding hydrogens is 382 g/mol. The van der Waals surface area contributed by atoms with Crippen molar-refractivity contribution in [2.24, 2.45) is 5.73 Å². The van der Waals surface area contributed by atoms with E-state index in [4.69, 9.17) is 5.73 Å².